The summed E-state index contributed by atoms with van der Waals surface area (Å²) in [5.41, 5.74) is -2.04. The van der Waals surface area contributed by atoms with Gasteiger partial charge in [0.15, 0.2) is 5.78 Å². The van der Waals surface area contributed by atoms with E-state index < -0.39 is 50.4 Å². The highest BCUT2D eigenvalue weighted by Gasteiger charge is 2.61. The summed E-state index contributed by atoms with van der Waals surface area (Å²) in [4.78, 5) is 46.1. The molecule has 1 aromatic heterocycles. The normalized spacial score (nSPS) is 25.5. The van der Waals surface area contributed by atoms with Crippen molar-refractivity contribution in [2.24, 2.45) is 11.3 Å². The van der Waals surface area contributed by atoms with E-state index >= 15 is 0 Å². The zero-order valence-electron chi connectivity index (χ0n) is 24.3. The maximum Gasteiger partial charge on any atom is 0.411 e. The predicted molar refractivity (Wildman–Crippen MR) is 155 cm³/mol. The van der Waals surface area contributed by atoms with Crippen LogP contribution in [-0.4, -0.2) is 72.7 Å². The Labute approximate surface area is 245 Å². The first-order valence-corrected chi connectivity index (χ1v) is 15.6. The number of hydrogen-bond acceptors (Lipinski definition) is 9. The highest BCUT2D eigenvalue weighted by molar-refractivity contribution is 7.90. The van der Waals surface area contributed by atoms with Crippen LogP contribution in [0.3, 0.4) is 0 Å². The average Bonchev–Trinajstić information content (AvgIpc) is 3.84. The molecule has 2 saturated carbocycles. The van der Waals surface area contributed by atoms with Crippen molar-refractivity contribution in [2.45, 2.75) is 75.9 Å². The van der Waals surface area contributed by atoms with Crippen LogP contribution in [0.2, 0.25) is 0 Å². The molecule has 226 valence electrons. The number of nitrogens with zero attached hydrogens (tertiary/aromatic N) is 2. The third kappa shape index (κ3) is 5.95. The lowest BCUT2D eigenvalue weighted by atomic mass is 9.91. The number of fused-ring (bicyclic) bond motifs is 1. The van der Waals surface area contributed by atoms with Gasteiger partial charge in [0.25, 0.3) is 0 Å². The fourth-order valence-corrected chi connectivity index (χ4v) is 6.99. The average molecular weight is 600 g/mol. The number of likely N-dealkylation sites (tertiary alicyclic amines) is 1. The fraction of sp³-hybridized carbons (Fsp3) is 0.533. The molecule has 2 heterocycles. The van der Waals surface area contributed by atoms with Gasteiger partial charge >= 0.3 is 6.09 Å². The summed E-state index contributed by atoms with van der Waals surface area (Å²) in [5.74, 6) is -0.551. The second kappa shape index (κ2) is 10.9. The maximum atomic E-state index is 13.9. The number of pyridine rings is 1. The molecular formula is C30H37N3O8S. The van der Waals surface area contributed by atoms with E-state index in [1.165, 1.54) is 4.90 Å². The Bertz CT molecular complexity index is 1530. The smallest absolute Gasteiger partial charge is 0.411 e. The minimum Gasteiger partial charge on any atom is -0.496 e. The van der Waals surface area contributed by atoms with Gasteiger partial charge in [-0.15, -0.1) is 6.58 Å². The quantitative estimate of drug-likeness (QED) is 0.404. The number of hydrogen-bond donors (Lipinski definition) is 1. The number of carbonyl (C=O) groups is 3. The number of ether oxygens (including phenoxy) is 3. The second-order valence-electron chi connectivity index (χ2n) is 12.3. The van der Waals surface area contributed by atoms with Crippen molar-refractivity contribution in [3.63, 3.8) is 0 Å². The summed E-state index contributed by atoms with van der Waals surface area (Å²) in [5, 5.41) is 0.944. The highest BCUT2D eigenvalue weighted by Crippen LogP contribution is 2.57. The first-order chi connectivity index (χ1) is 19.8. The number of amides is 2. The molecule has 1 aliphatic heterocycles. The van der Waals surface area contributed by atoms with Crippen LogP contribution < -0.4 is 14.2 Å². The van der Waals surface area contributed by atoms with Gasteiger partial charge in [0.2, 0.25) is 21.8 Å². The van der Waals surface area contributed by atoms with Gasteiger partial charge in [0, 0.05) is 19.0 Å². The topological polar surface area (TPSA) is 141 Å². The lowest BCUT2D eigenvalue weighted by molar-refractivity contribution is -0.131. The molecule has 1 unspecified atom stereocenters. The molecular weight excluding hydrogens is 562 g/mol. The molecule has 2 amide bonds. The van der Waals surface area contributed by atoms with E-state index in [1.54, 1.807) is 46.2 Å². The molecule has 0 spiro atoms. The third-order valence-corrected chi connectivity index (χ3v) is 9.86. The number of methoxy groups -OCH3 is 1. The minimum absolute atomic E-state index is 0.0542. The van der Waals surface area contributed by atoms with Gasteiger partial charge in [0.05, 0.1) is 35.7 Å². The van der Waals surface area contributed by atoms with E-state index in [0.717, 1.165) is 5.39 Å². The van der Waals surface area contributed by atoms with Crippen LogP contribution in [0, 0.1) is 11.3 Å². The molecule has 42 heavy (non-hydrogen) atoms. The summed E-state index contributed by atoms with van der Waals surface area (Å²) in [7, 11) is -2.24. The van der Waals surface area contributed by atoms with Crippen LogP contribution in [0.5, 0.6) is 11.6 Å². The second-order valence-corrected chi connectivity index (χ2v) is 14.3. The van der Waals surface area contributed by atoms with Crippen LogP contribution >= 0.6 is 0 Å². The fourth-order valence-electron chi connectivity index (χ4n) is 5.60. The Morgan fingerprint density at radius 2 is 1.95 bits per heavy atom. The number of Topliss-reactive ketones (excluding diaryl/α,β-unsaturated/α-hetero) is 1. The first-order valence-electron chi connectivity index (χ1n) is 14.1. The molecule has 0 bridgehead atoms. The predicted octanol–water partition coefficient (Wildman–Crippen LogP) is 3.76. The number of carbonyl (C=O) groups excluding carboxylic acids is 3. The molecule has 11 nitrogen and oxygen atoms in total. The molecule has 2 aliphatic carbocycles. The van der Waals surface area contributed by atoms with Gasteiger partial charge in [-0.05, 0) is 63.5 Å². The van der Waals surface area contributed by atoms with Crippen LogP contribution in [0.25, 0.3) is 10.8 Å². The van der Waals surface area contributed by atoms with Gasteiger partial charge in [-0.2, -0.15) is 0 Å². The molecule has 5 rings (SSSR count). The number of nitrogens with one attached hydrogen (secondary N) is 1. The summed E-state index contributed by atoms with van der Waals surface area (Å²) in [6.45, 7) is 9.02. The lowest BCUT2D eigenvalue weighted by Gasteiger charge is -2.28. The van der Waals surface area contributed by atoms with Gasteiger partial charge in [0.1, 0.15) is 17.5 Å². The van der Waals surface area contributed by atoms with E-state index in [0.29, 0.717) is 36.3 Å². The van der Waals surface area contributed by atoms with Crippen molar-refractivity contribution in [1.29, 1.82) is 0 Å². The van der Waals surface area contributed by atoms with Crippen LogP contribution in [-0.2, 0) is 24.3 Å². The number of benzene rings is 1. The number of ketones is 1. The van der Waals surface area contributed by atoms with E-state index in [4.69, 9.17) is 14.2 Å². The van der Waals surface area contributed by atoms with Crippen molar-refractivity contribution < 1.29 is 37.0 Å². The van der Waals surface area contributed by atoms with Crippen LogP contribution in [0.1, 0.15) is 52.9 Å². The summed E-state index contributed by atoms with van der Waals surface area (Å²) >= 11 is 0. The first kappa shape index (κ1) is 29.8. The zero-order chi connectivity index (χ0) is 30.4. The summed E-state index contributed by atoms with van der Waals surface area (Å²) in [6, 6.07) is 6.44. The van der Waals surface area contributed by atoms with Gasteiger partial charge in [-0.25, -0.2) is 18.2 Å². The Morgan fingerprint density at radius 3 is 2.57 bits per heavy atom. The van der Waals surface area contributed by atoms with Gasteiger partial charge in [-0.3, -0.25) is 19.2 Å². The van der Waals surface area contributed by atoms with Gasteiger partial charge in [-0.1, -0.05) is 18.2 Å². The molecule has 1 aromatic carbocycles. The number of aromatic nitrogens is 1. The monoisotopic (exact) mass is 599 g/mol. The van der Waals surface area contributed by atoms with Crippen molar-refractivity contribution >= 4 is 38.6 Å². The molecule has 2 aromatic rings. The maximum absolute atomic E-state index is 13.9. The molecule has 12 heteroatoms. The minimum atomic E-state index is -3.79. The standard InChI is InChI=1S/C30H37N3O8S/c1-6-19-15-30(19,27(35)32-42(37,38)21-10-11-21)16-23(34)22-14-20(17-33(22)28(36)41-29(2,3)4)40-26-25-18(12-13-31-26)8-7-9-24(25)39-5/h6-9,12-13,19-22H,1,10-11,14-17H2,2-5H3,(H,32,35)/t19-,20-,22?,30-/m1/s1. The lowest BCUT2D eigenvalue weighted by Crippen LogP contribution is -2.46. The molecule has 3 aliphatic rings. The van der Waals surface area contributed by atoms with Crippen LogP contribution in [0.4, 0.5) is 4.79 Å². The van der Waals surface area contributed by atoms with Crippen molar-refractivity contribution in [3.05, 3.63) is 43.1 Å². The molecule has 3 fully saturated rings. The van der Waals surface area contributed by atoms with E-state index in [9.17, 15) is 22.8 Å². The highest BCUT2D eigenvalue weighted by atomic mass is 32.2. The van der Waals surface area contributed by atoms with Crippen molar-refractivity contribution in [3.8, 4) is 11.6 Å². The largest absolute Gasteiger partial charge is 0.496 e. The summed E-state index contributed by atoms with van der Waals surface area (Å²) < 4.78 is 44.6. The molecule has 1 N–H and O–H groups in total. The Balaban J connectivity index is 1.39. The van der Waals surface area contributed by atoms with Gasteiger partial charge < -0.3 is 14.2 Å². The van der Waals surface area contributed by atoms with E-state index in [2.05, 4.69) is 16.3 Å². The van der Waals surface area contributed by atoms with E-state index in [1.807, 2.05) is 18.2 Å². The van der Waals surface area contributed by atoms with Crippen molar-refractivity contribution in [1.82, 2.24) is 14.6 Å². The third-order valence-electron chi connectivity index (χ3n) is 8.04. The number of rotatable bonds is 10. The molecule has 1 saturated heterocycles. The van der Waals surface area contributed by atoms with Crippen molar-refractivity contribution in [2.75, 3.05) is 13.7 Å². The number of allylic oxidation sites excluding steroid dienone is 1. The Hall–Kier alpha value is -3.67. The number of sulfonamides is 1. The summed E-state index contributed by atoms with van der Waals surface area (Å²) in [6.07, 6.45) is 3.10. The Morgan fingerprint density at radius 1 is 1.21 bits per heavy atom. The zero-order valence-corrected chi connectivity index (χ0v) is 25.1. The van der Waals surface area contributed by atoms with Crippen LogP contribution in [0.15, 0.2) is 43.1 Å². The SMILES string of the molecule is C=C[C@@H]1C[C@]1(CC(=O)C1C[C@@H](Oc2nccc3cccc(OC)c23)CN1C(=O)OC(C)(C)C)C(=O)NS(=O)(=O)C1CC1. The molecule has 4 atom stereocenters. The molecule has 0 radical (unpaired) electrons. The Kier molecular flexibility index (Phi) is 7.71. The van der Waals surface area contributed by atoms with E-state index in [-0.39, 0.29) is 31.1 Å².